The first-order valence-corrected chi connectivity index (χ1v) is 7.12. The molecule has 0 unspecified atom stereocenters. The SMILES string of the molecule is CC(C)(N)CCNc1cc(NCC2CCC2)ncn1. The third-order valence-corrected chi connectivity index (χ3v) is 3.54. The lowest BCUT2D eigenvalue weighted by Gasteiger charge is -2.25. The van der Waals surface area contributed by atoms with Crippen molar-refractivity contribution in [2.75, 3.05) is 23.7 Å². The number of anilines is 2. The molecule has 5 heteroatoms. The summed E-state index contributed by atoms with van der Waals surface area (Å²) in [6, 6.07) is 1.96. The Bertz CT molecular complexity index is 395. The molecule has 0 bridgehead atoms. The Morgan fingerprint density at radius 1 is 1.26 bits per heavy atom. The van der Waals surface area contributed by atoms with Crippen molar-refractivity contribution >= 4 is 11.6 Å². The molecule has 0 spiro atoms. The first kappa shape index (κ1) is 14.1. The summed E-state index contributed by atoms with van der Waals surface area (Å²) in [5, 5.41) is 6.66. The Kier molecular flexibility index (Phi) is 4.58. The predicted molar refractivity (Wildman–Crippen MR) is 79.2 cm³/mol. The van der Waals surface area contributed by atoms with Crippen LogP contribution in [-0.4, -0.2) is 28.6 Å². The molecule has 1 aliphatic carbocycles. The topological polar surface area (TPSA) is 75.9 Å². The Balaban J connectivity index is 1.77. The molecule has 0 amide bonds. The van der Waals surface area contributed by atoms with Gasteiger partial charge in [-0.2, -0.15) is 0 Å². The van der Waals surface area contributed by atoms with Gasteiger partial charge in [0.25, 0.3) is 0 Å². The maximum Gasteiger partial charge on any atom is 0.131 e. The van der Waals surface area contributed by atoms with Gasteiger partial charge in [0.05, 0.1) is 0 Å². The van der Waals surface area contributed by atoms with Crippen LogP contribution >= 0.6 is 0 Å². The van der Waals surface area contributed by atoms with Crippen LogP contribution in [0.4, 0.5) is 11.6 Å². The van der Waals surface area contributed by atoms with E-state index >= 15 is 0 Å². The van der Waals surface area contributed by atoms with Gasteiger partial charge in [-0.1, -0.05) is 6.42 Å². The van der Waals surface area contributed by atoms with E-state index in [9.17, 15) is 0 Å². The summed E-state index contributed by atoms with van der Waals surface area (Å²) in [7, 11) is 0. The maximum absolute atomic E-state index is 5.95. The molecule has 4 N–H and O–H groups in total. The summed E-state index contributed by atoms with van der Waals surface area (Å²) in [4.78, 5) is 8.46. The highest BCUT2D eigenvalue weighted by Gasteiger charge is 2.16. The Morgan fingerprint density at radius 3 is 2.53 bits per heavy atom. The fraction of sp³-hybridized carbons (Fsp3) is 0.714. The minimum absolute atomic E-state index is 0.147. The molecule has 1 heterocycles. The van der Waals surface area contributed by atoms with Crippen LogP contribution in [0.1, 0.15) is 39.5 Å². The molecule has 0 atom stereocenters. The highest BCUT2D eigenvalue weighted by molar-refractivity contribution is 5.46. The van der Waals surface area contributed by atoms with Gasteiger partial charge in [0.15, 0.2) is 0 Å². The number of nitrogens with one attached hydrogen (secondary N) is 2. The van der Waals surface area contributed by atoms with Crippen molar-refractivity contribution in [1.29, 1.82) is 0 Å². The molecule has 0 aliphatic heterocycles. The average molecular weight is 263 g/mol. The zero-order chi connectivity index (χ0) is 13.7. The fourth-order valence-corrected chi connectivity index (χ4v) is 2.01. The number of hydrogen-bond acceptors (Lipinski definition) is 5. The molecule has 1 aliphatic rings. The molecular weight excluding hydrogens is 238 g/mol. The summed E-state index contributed by atoms with van der Waals surface area (Å²) in [6.45, 7) is 5.90. The van der Waals surface area contributed by atoms with Crippen LogP contribution in [0.3, 0.4) is 0 Å². The maximum atomic E-state index is 5.95. The van der Waals surface area contributed by atoms with Crippen molar-refractivity contribution in [3.8, 4) is 0 Å². The van der Waals surface area contributed by atoms with E-state index in [2.05, 4.69) is 20.6 Å². The molecule has 2 rings (SSSR count). The van der Waals surface area contributed by atoms with E-state index in [1.165, 1.54) is 19.3 Å². The van der Waals surface area contributed by atoms with Crippen molar-refractivity contribution in [2.24, 2.45) is 11.7 Å². The van der Waals surface area contributed by atoms with Crippen molar-refractivity contribution in [2.45, 2.75) is 45.1 Å². The number of aromatic nitrogens is 2. The monoisotopic (exact) mass is 263 g/mol. The van der Waals surface area contributed by atoms with Crippen molar-refractivity contribution in [3.63, 3.8) is 0 Å². The van der Waals surface area contributed by atoms with Gasteiger partial charge in [0.2, 0.25) is 0 Å². The van der Waals surface area contributed by atoms with E-state index in [4.69, 9.17) is 5.73 Å². The van der Waals surface area contributed by atoms with Crippen LogP contribution in [0.25, 0.3) is 0 Å². The minimum atomic E-state index is -0.147. The molecule has 5 nitrogen and oxygen atoms in total. The van der Waals surface area contributed by atoms with Gasteiger partial charge < -0.3 is 16.4 Å². The molecule has 0 aromatic carbocycles. The van der Waals surface area contributed by atoms with Gasteiger partial charge in [-0.05, 0) is 39.0 Å². The minimum Gasteiger partial charge on any atom is -0.370 e. The van der Waals surface area contributed by atoms with Crippen LogP contribution in [0.5, 0.6) is 0 Å². The van der Waals surface area contributed by atoms with Gasteiger partial charge in [0, 0.05) is 24.7 Å². The Morgan fingerprint density at radius 2 is 1.95 bits per heavy atom. The van der Waals surface area contributed by atoms with Crippen LogP contribution in [0.15, 0.2) is 12.4 Å². The quantitative estimate of drug-likeness (QED) is 0.703. The van der Waals surface area contributed by atoms with E-state index < -0.39 is 0 Å². The average Bonchev–Trinajstić information content (AvgIpc) is 2.26. The highest BCUT2D eigenvalue weighted by atomic mass is 15.1. The number of nitrogens with zero attached hydrogens (tertiary/aromatic N) is 2. The molecular formula is C14H25N5. The summed E-state index contributed by atoms with van der Waals surface area (Å²) < 4.78 is 0. The normalized spacial score (nSPS) is 15.9. The number of hydrogen-bond donors (Lipinski definition) is 3. The largest absolute Gasteiger partial charge is 0.370 e. The highest BCUT2D eigenvalue weighted by Crippen LogP contribution is 2.26. The van der Waals surface area contributed by atoms with Crippen LogP contribution < -0.4 is 16.4 Å². The van der Waals surface area contributed by atoms with E-state index in [-0.39, 0.29) is 5.54 Å². The second-order valence-corrected chi connectivity index (χ2v) is 6.13. The van der Waals surface area contributed by atoms with Gasteiger partial charge in [0.1, 0.15) is 18.0 Å². The van der Waals surface area contributed by atoms with Crippen molar-refractivity contribution in [1.82, 2.24) is 9.97 Å². The third-order valence-electron chi connectivity index (χ3n) is 3.54. The second kappa shape index (κ2) is 6.19. The molecule has 0 radical (unpaired) electrons. The van der Waals surface area contributed by atoms with Crippen LogP contribution in [0.2, 0.25) is 0 Å². The molecule has 1 aromatic heterocycles. The lowest BCUT2D eigenvalue weighted by Crippen LogP contribution is -2.34. The number of rotatable bonds is 7. The van der Waals surface area contributed by atoms with Gasteiger partial charge >= 0.3 is 0 Å². The first-order chi connectivity index (χ1) is 9.03. The summed E-state index contributed by atoms with van der Waals surface area (Å²) in [6.07, 6.45) is 6.56. The smallest absolute Gasteiger partial charge is 0.131 e. The molecule has 106 valence electrons. The zero-order valence-electron chi connectivity index (χ0n) is 11.9. The first-order valence-electron chi connectivity index (χ1n) is 7.12. The molecule has 19 heavy (non-hydrogen) atoms. The standard InChI is InChI=1S/C14H25N5/c1-14(2,15)6-7-16-12-8-13(19-10-18-12)17-9-11-4-3-5-11/h8,10-11H,3-7,9,15H2,1-2H3,(H2,16,17,18,19). The Hall–Kier alpha value is -1.36. The summed E-state index contributed by atoms with van der Waals surface area (Å²) in [5.74, 6) is 2.58. The van der Waals surface area contributed by atoms with E-state index in [0.717, 1.165) is 37.1 Å². The van der Waals surface area contributed by atoms with Crippen LogP contribution in [0, 0.1) is 5.92 Å². The van der Waals surface area contributed by atoms with Gasteiger partial charge in [-0.15, -0.1) is 0 Å². The van der Waals surface area contributed by atoms with Crippen LogP contribution in [-0.2, 0) is 0 Å². The van der Waals surface area contributed by atoms with Crippen molar-refractivity contribution in [3.05, 3.63) is 12.4 Å². The van der Waals surface area contributed by atoms with Gasteiger partial charge in [-0.25, -0.2) is 9.97 Å². The molecule has 1 fully saturated rings. The predicted octanol–water partition coefficient (Wildman–Crippen LogP) is 2.23. The number of nitrogens with two attached hydrogens (primary N) is 1. The molecule has 1 saturated carbocycles. The van der Waals surface area contributed by atoms with Gasteiger partial charge in [-0.3, -0.25) is 0 Å². The zero-order valence-corrected chi connectivity index (χ0v) is 11.9. The molecule has 0 saturated heterocycles. The fourth-order valence-electron chi connectivity index (χ4n) is 2.01. The lowest BCUT2D eigenvalue weighted by atomic mass is 9.85. The summed E-state index contributed by atoms with van der Waals surface area (Å²) >= 11 is 0. The van der Waals surface area contributed by atoms with Crippen molar-refractivity contribution < 1.29 is 0 Å². The second-order valence-electron chi connectivity index (χ2n) is 6.13. The van der Waals surface area contributed by atoms with E-state index in [1.807, 2.05) is 19.9 Å². The Labute approximate surface area is 115 Å². The van der Waals surface area contributed by atoms with E-state index in [0.29, 0.717) is 0 Å². The molecule has 1 aromatic rings. The summed E-state index contributed by atoms with van der Waals surface area (Å²) in [5.41, 5.74) is 5.80. The third kappa shape index (κ3) is 5.03. The lowest BCUT2D eigenvalue weighted by molar-refractivity contribution is 0.333. The van der Waals surface area contributed by atoms with E-state index in [1.54, 1.807) is 6.33 Å².